The van der Waals surface area contributed by atoms with Crippen molar-refractivity contribution in [1.29, 1.82) is 0 Å². The molecule has 0 heterocycles. The highest BCUT2D eigenvalue weighted by Gasteiger charge is 2.20. The molecule has 0 saturated carbocycles. The van der Waals surface area contributed by atoms with E-state index in [9.17, 15) is 19.2 Å². The van der Waals surface area contributed by atoms with Crippen molar-refractivity contribution in [1.82, 2.24) is 16.0 Å². The van der Waals surface area contributed by atoms with E-state index in [0.717, 1.165) is 0 Å². The van der Waals surface area contributed by atoms with Crippen LogP contribution in [0.3, 0.4) is 0 Å². The molecule has 0 spiro atoms. The van der Waals surface area contributed by atoms with Crippen molar-refractivity contribution in [3.63, 3.8) is 0 Å². The second-order valence-electron chi connectivity index (χ2n) is 4.64. The molecule has 0 aliphatic heterocycles. The molecule has 11 nitrogen and oxygen atoms in total. The highest BCUT2D eigenvalue weighted by atomic mass is 16.4. The molecule has 0 aromatic carbocycles. The van der Waals surface area contributed by atoms with Gasteiger partial charge in [0.15, 0.2) is 0 Å². The smallest absolute Gasteiger partial charge is 0.321 e. The van der Waals surface area contributed by atoms with Gasteiger partial charge in [-0.2, -0.15) is 0 Å². The van der Waals surface area contributed by atoms with Crippen molar-refractivity contribution >= 4 is 23.9 Å². The Morgan fingerprint density at radius 1 is 0.652 bits per heavy atom. The quantitative estimate of drug-likeness (QED) is 0.168. The van der Waals surface area contributed by atoms with Crippen LogP contribution in [0.15, 0.2) is 0 Å². The van der Waals surface area contributed by atoms with E-state index in [4.69, 9.17) is 20.4 Å². The first-order valence-electron chi connectivity index (χ1n) is 6.80. The predicted molar refractivity (Wildman–Crippen MR) is 76.2 cm³/mol. The average molecular weight is 335 g/mol. The summed E-state index contributed by atoms with van der Waals surface area (Å²) in [6, 6.07) is -2.36. The molecule has 23 heavy (non-hydrogen) atoms. The van der Waals surface area contributed by atoms with E-state index in [1.54, 1.807) is 0 Å². The van der Waals surface area contributed by atoms with Crippen molar-refractivity contribution in [3.05, 3.63) is 0 Å². The zero-order chi connectivity index (χ0) is 17.8. The third kappa shape index (κ3) is 11.0. The number of carboxylic acid groups (broad SMARTS) is 4. The summed E-state index contributed by atoms with van der Waals surface area (Å²) in [5.74, 6) is -4.96. The van der Waals surface area contributed by atoms with Crippen LogP contribution in [0.4, 0.5) is 0 Å². The fourth-order valence-corrected chi connectivity index (χ4v) is 1.64. The van der Waals surface area contributed by atoms with Gasteiger partial charge in [-0.3, -0.25) is 19.2 Å². The normalized spacial score (nSPS) is 13.2. The summed E-state index contributed by atoms with van der Waals surface area (Å²) >= 11 is 0. The van der Waals surface area contributed by atoms with Gasteiger partial charge in [-0.05, 0) is 0 Å². The molecule has 7 N–H and O–H groups in total. The number of aliphatic carboxylic acids is 4. The molecule has 0 aliphatic carbocycles. The number of carbonyl (C=O) groups is 4. The molecule has 0 saturated heterocycles. The fourth-order valence-electron chi connectivity index (χ4n) is 1.64. The lowest BCUT2D eigenvalue weighted by Gasteiger charge is -2.14. The van der Waals surface area contributed by atoms with E-state index in [1.807, 2.05) is 0 Å². The maximum absolute atomic E-state index is 10.8. The summed E-state index contributed by atoms with van der Waals surface area (Å²) in [7, 11) is 0. The lowest BCUT2D eigenvalue weighted by molar-refractivity contribution is -0.145. The van der Waals surface area contributed by atoms with Crippen LogP contribution in [0.2, 0.25) is 0 Å². The minimum absolute atomic E-state index is 0.210. The van der Waals surface area contributed by atoms with Crippen molar-refractivity contribution in [3.8, 4) is 0 Å². The van der Waals surface area contributed by atoms with Gasteiger partial charge in [-0.1, -0.05) is 0 Å². The van der Waals surface area contributed by atoms with Gasteiger partial charge in [0.25, 0.3) is 0 Å². The SMILES string of the molecule is O=C(O)C[C@H](NCCNCCN[C@@H](CC(=O)O)C(=O)O)C(=O)O. The van der Waals surface area contributed by atoms with E-state index < -0.39 is 48.8 Å². The molecular weight excluding hydrogens is 314 g/mol. The van der Waals surface area contributed by atoms with Crippen molar-refractivity contribution in [2.45, 2.75) is 24.9 Å². The van der Waals surface area contributed by atoms with Crippen LogP contribution in [0, 0.1) is 0 Å². The van der Waals surface area contributed by atoms with Gasteiger partial charge in [0.1, 0.15) is 12.1 Å². The van der Waals surface area contributed by atoms with E-state index in [2.05, 4.69) is 16.0 Å². The molecule has 0 aromatic rings. The Morgan fingerprint density at radius 2 is 1.00 bits per heavy atom. The van der Waals surface area contributed by atoms with Crippen LogP contribution in [-0.2, 0) is 19.2 Å². The van der Waals surface area contributed by atoms with E-state index >= 15 is 0 Å². The maximum atomic E-state index is 10.8. The summed E-state index contributed by atoms with van der Waals surface area (Å²) < 4.78 is 0. The van der Waals surface area contributed by atoms with Crippen molar-refractivity contribution in [2.24, 2.45) is 0 Å². The van der Waals surface area contributed by atoms with Gasteiger partial charge in [-0.25, -0.2) is 0 Å². The highest BCUT2D eigenvalue weighted by molar-refractivity contribution is 5.81. The molecule has 0 rings (SSSR count). The first-order chi connectivity index (χ1) is 10.7. The van der Waals surface area contributed by atoms with E-state index in [-0.39, 0.29) is 13.1 Å². The average Bonchev–Trinajstić information content (AvgIpc) is 2.42. The van der Waals surface area contributed by atoms with Crippen LogP contribution < -0.4 is 16.0 Å². The Bertz CT molecular complexity index is 391. The Kier molecular flexibility index (Phi) is 10.2. The molecule has 0 radical (unpaired) electrons. The first-order valence-corrected chi connectivity index (χ1v) is 6.80. The Balaban J connectivity index is 3.83. The Labute approximate surface area is 131 Å². The zero-order valence-corrected chi connectivity index (χ0v) is 12.3. The first kappa shape index (κ1) is 20.8. The van der Waals surface area contributed by atoms with Crippen LogP contribution in [0.5, 0.6) is 0 Å². The summed E-state index contributed by atoms with van der Waals surface area (Å²) in [4.78, 5) is 42.5. The minimum atomic E-state index is -1.26. The molecule has 0 aliphatic rings. The third-order valence-corrected chi connectivity index (χ3v) is 2.74. The van der Waals surface area contributed by atoms with E-state index in [1.165, 1.54) is 0 Å². The number of rotatable bonds is 14. The van der Waals surface area contributed by atoms with Crippen LogP contribution in [0.1, 0.15) is 12.8 Å². The number of hydrogen-bond acceptors (Lipinski definition) is 7. The van der Waals surface area contributed by atoms with Crippen molar-refractivity contribution < 1.29 is 39.6 Å². The predicted octanol–water partition coefficient (Wildman–Crippen LogP) is -2.39. The standard InChI is InChI=1S/C12H21N3O8/c16-9(17)5-7(11(20)21)14-3-1-13-2-4-15-8(12(22)23)6-10(18)19/h7-8,13-15H,1-6H2,(H,16,17)(H,18,19)(H,20,21)(H,22,23)/t7-,8-/m0/s1. The molecule has 11 heteroatoms. The van der Waals surface area contributed by atoms with Crippen molar-refractivity contribution in [2.75, 3.05) is 26.2 Å². The third-order valence-electron chi connectivity index (χ3n) is 2.74. The Morgan fingerprint density at radius 3 is 1.26 bits per heavy atom. The summed E-state index contributed by atoms with van der Waals surface area (Å²) in [5.41, 5.74) is 0. The van der Waals surface area contributed by atoms with Gasteiger partial charge < -0.3 is 36.4 Å². The van der Waals surface area contributed by atoms with Gasteiger partial charge in [0, 0.05) is 26.2 Å². The molecule has 0 fully saturated rings. The summed E-state index contributed by atoms with van der Waals surface area (Å²) in [6.07, 6.45) is -1.07. The zero-order valence-electron chi connectivity index (χ0n) is 12.3. The summed E-state index contributed by atoms with van der Waals surface area (Å²) in [6.45, 7) is 1.09. The topological polar surface area (TPSA) is 185 Å². The molecule has 0 bridgehead atoms. The van der Waals surface area contributed by atoms with Gasteiger partial charge in [0.05, 0.1) is 12.8 Å². The monoisotopic (exact) mass is 335 g/mol. The number of hydrogen-bond donors (Lipinski definition) is 7. The van der Waals surface area contributed by atoms with Crippen LogP contribution in [0.25, 0.3) is 0 Å². The van der Waals surface area contributed by atoms with Gasteiger partial charge in [0.2, 0.25) is 0 Å². The molecule has 0 unspecified atom stereocenters. The molecule has 132 valence electrons. The van der Waals surface area contributed by atoms with E-state index in [0.29, 0.717) is 13.1 Å². The second kappa shape index (κ2) is 11.3. The molecular formula is C12H21N3O8. The van der Waals surface area contributed by atoms with Gasteiger partial charge in [-0.15, -0.1) is 0 Å². The van der Waals surface area contributed by atoms with Crippen LogP contribution in [-0.4, -0.2) is 82.6 Å². The van der Waals surface area contributed by atoms with Gasteiger partial charge >= 0.3 is 23.9 Å². The molecule has 0 amide bonds. The minimum Gasteiger partial charge on any atom is -0.481 e. The number of nitrogens with one attached hydrogen (secondary N) is 3. The summed E-state index contributed by atoms with van der Waals surface area (Å²) in [5, 5.41) is 42.7. The largest absolute Gasteiger partial charge is 0.481 e. The molecule has 0 aromatic heterocycles. The lowest BCUT2D eigenvalue weighted by Crippen LogP contribution is -2.44. The fraction of sp³-hybridized carbons (Fsp3) is 0.667. The lowest BCUT2D eigenvalue weighted by atomic mass is 10.2. The van der Waals surface area contributed by atoms with Crippen LogP contribution >= 0.6 is 0 Å². The second-order valence-corrected chi connectivity index (χ2v) is 4.64. The highest BCUT2D eigenvalue weighted by Crippen LogP contribution is 1.92. The maximum Gasteiger partial charge on any atom is 0.321 e. The Hall–Kier alpha value is -2.24. The number of carboxylic acids is 4. The molecule has 2 atom stereocenters.